The summed E-state index contributed by atoms with van der Waals surface area (Å²) in [5.41, 5.74) is 0.539. The summed E-state index contributed by atoms with van der Waals surface area (Å²) in [7, 11) is 2.70. The van der Waals surface area contributed by atoms with Gasteiger partial charge in [-0.25, -0.2) is 4.79 Å². The summed E-state index contributed by atoms with van der Waals surface area (Å²) in [6.45, 7) is 0. The number of hydrogen-bond donors (Lipinski definition) is 2. The summed E-state index contributed by atoms with van der Waals surface area (Å²) in [5.74, 6) is -1.20. The van der Waals surface area contributed by atoms with Gasteiger partial charge in [-0.2, -0.15) is 0 Å². The van der Waals surface area contributed by atoms with Crippen LogP contribution in [0.5, 0.6) is 5.75 Å². The second-order valence-electron chi connectivity index (χ2n) is 3.52. The van der Waals surface area contributed by atoms with Crippen LogP contribution in [0.3, 0.4) is 0 Å². The molecule has 6 heteroatoms. The molecule has 1 rings (SSSR count). The first-order chi connectivity index (χ1) is 8.58. The van der Waals surface area contributed by atoms with Crippen LogP contribution >= 0.6 is 0 Å². The normalized spacial score (nSPS) is 11.4. The third-order valence-electron chi connectivity index (χ3n) is 2.30. The Morgan fingerprint density at radius 1 is 1.33 bits per heavy atom. The van der Waals surface area contributed by atoms with E-state index in [-0.39, 0.29) is 6.42 Å². The molecule has 6 nitrogen and oxygen atoms in total. The quantitative estimate of drug-likeness (QED) is 0.739. The SMILES string of the molecule is COC(=O)C(CC(=O)O)Nc1ccccc1OC. The van der Waals surface area contributed by atoms with Crippen LogP contribution in [-0.2, 0) is 14.3 Å². The molecule has 0 amide bonds. The number of anilines is 1. The Labute approximate surface area is 105 Å². The number of rotatable bonds is 6. The van der Waals surface area contributed by atoms with Gasteiger partial charge < -0.3 is 19.9 Å². The molecule has 0 saturated heterocycles. The molecular weight excluding hydrogens is 238 g/mol. The smallest absolute Gasteiger partial charge is 0.328 e. The summed E-state index contributed by atoms with van der Waals surface area (Å²) < 4.78 is 9.66. The molecule has 0 heterocycles. The minimum atomic E-state index is -1.09. The lowest BCUT2D eigenvalue weighted by atomic mass is 10.2. The van der Waals surface area contributed by atoms with Crippen LogP contribution in [0, 0.1) is 0 Å². The van der Waals surface area contributed by atoms with Crippen molar-refractivity contribution in [3.05, 3.63) is 24.3 Å². The number of carboxylic acids is 1. The Balaban J connectivity index is 2.88. The minimum absolute atomic E-state index is 0.370. The van der Waals surface area contributed by atoms with E-state index in [0.29, 0.717) is 11.4 Å². The predicted octanol–water partition coefficient (Wildman–Crippen LogP) is 1.12. The van der Waals surface area contributed by atoms with Crippen molar-refractivity contribution in [1.82, 2.24) is 0 Å². The molecule has 2 N–H and O–H groups in total. The fourth-order valence-electron chi connectivity index (χ4n) is 1.46. The fourth-order valence-corrected chi connectivity index (χ4v) is 1.46. The van der Waals surface area contributed by atoms with Gasteiger partial charge in [0.1, 0.15) is 11.8 Å². The van der Waals surface area contributed by atoms with Gasteiger partial charge in [0, 0.05) is 0 Å². The van der Waals surface area contributed by atoms with Crippen LogP contribution in [0.1, 0.15) is 6.42 Å². The van der Waals surface area contributed by atoms with Crippen molar-refractivity contribution in [2.45, 2.75) is 12.5 Å². The first kappa shape index (κ1) is 13.8. The zero-order valence-electron chi connectivity index (χ0n) is 10.2. The predicted molar refractivity (Wildman–Crippen MR) is 64.7 cm³/mol. The van der Waals surface area contributed by atoms with Crippen molar-refractivity contribution in [3.8, 4) is 5.75 Å². The fraction of sp³-hybridized carbons (Fsp3) is 0.333. The van der Waals surface area contributed by atoms with Crippen LogP contribution < -0.4 is 10.1 Å². The Hall–Kier alpha value is -2.24. The van der Waals surface area contributed by atoms with Crippen LogP contribution in [-0.4, -0.2) is 37.3 Å². The summed E-state index contributed by atoms with van der Waals surface area (Å²) in [5, 5.41) is 11.6. The highest BCUT2D eigenvalue weighted by atomic mass is 16.5. The third kappa shape index (κ3) is 3.65. The average Bonchev–Trinajstić information content (AvgIpc) is 2.37. The molecule has 1 aromatic carbocycles. The summed E-state index contributed by atoms with van der Waals surface area (Å²) >= 11 is 0. The lowest BCUT2D eigenvalue weighted by molar-refractivity contribution is -0.146. The Morgan fingerprint density at radius 3 is 2.56 bits per heavy atom. The number of esters is 1. The Bertz CT molecular complexity index is 432. The monoisotopic (exact) mass is 253 g/mol. The summed E-state index contributed by atoms with van der Waals surface area (Å²) in [4.78, 5) is 22.2. The molecule has 0 aromatic heterocycles. The van der Waals surface area contributed by atoms with Gasteiger partial charge in [-0.05, 0) is 12.1 Å². The number of carbonyl (C=O) groups excluding carboxylic acids is 1. The van der Waals surface area contributed by atoms with Crippen molar-refractivity contribution in [3.63, 3.8) is 0 Å². The molecule has 1 unspecified atom stereocenters. The van der Waals surface area contributed by atoms with Crippen LogP contribution in [0.15, 0.2) is 24.3 Å². The molecule has 18 heavy (non-hydrogen) atoms. The first-order valence-corrected chi connectivity index (χ1v) is 5.27. The summed E-state index contributed by atoms with van der Waals surface area (Å²) in [6.07, 6.45) is -0.370. The molecule has 0 spiro atoms. The number of carbonyl (C=O) groups is 2. The maximum atomic E-state index is 11.5. The van der Waals surface area contributed by atoms with Crippen LogP contribution in [0.4, 0.5) is 5.69 Å². The number of carboxylic acid groups (broad SMARTS) is 1. The molecular formula is C12H15NO5. The Kier molecular flexibility index (Phi) is 4.98. The minimum Gasteiger partial charge on any atom is -0.495 e. The van der Waals surface area contributed by atoms with E-state index in [4.69, 9.17) is 9.84 Å². The second kappa shape index (κ2) is 6.48. The zero-order valence-corrected chi connectivity index (χ0v) is 10.2. The van der Waals surface area contributed by atoms with E-state index < -0.39 is 18.0 Å². The van der Waals surface area contributed by atoms with Gasteiger partial charge in [0.05, 0.1) is 26.3 Å². The maximum absolute atomic E-state index is 11.5. The number of hydrogen-bond acceptors (Lipinski definition) is 5. The van der Waals surface area contributed by atoms with Gasteiger partial charge >= 0.3 is 11.9 Å². The highest BCUT2D eigenvalue weighted by Crippen LogP contribution is 2.24. The van der Waals surface area contributed by atoms with Gasteiger partial charge in [-0.1, -0.05) is 12.1 Å². The number of aliphatic carboxylic acids is 1. The molecule has 0 bridgehead atoms. The number of nitrogens with one attached hydrogen (secondary N) is 1. The van der Waals surface area contributed by atoms with E-state index in [2.05, 4.69) is 10.1 Å². The molecule has 1 aromatic rings. The molecule has 1 atom stereocenters. The average molecular weight is 253 g/mol. The maximum Gasteiger partial charge on any atom is 0.328 e. The van der Waals surface area contributed by atoms with Crippen molar-refractivity contribution >= 4 is 17.6 Å². The second-order valence-corrected chi connectivity index (χ2v) is 3.52. The van der Waals surface area contributed by atoms with Gasteiger partial charge in [-0.15, -0.1) is 0 Å². The molecule has 0 aliphatic rings. The van der Waals surface area contributed by atoms with Gasteiger partial charge in [0.25, 0.3) is 0 Å². The number of benzene rings is 1. The Morgan fingerprint density at radius 2 is 2.00 bits per heavy atom. The first-order valence-electron chi connectivity index (χ1n) is 5.27. The van der Waals surface area contributed by atoms with Crippen molar-refractivity contribution < 1.29 is 24.2 Å². The standard InChI is InChI=1S/C12H15NO5/c1-17-10-6-4-3-5-8(10)13-9(7-11(14)15)12(16)18-2/h3-6,9,13H,7H2,1-2H3,(H,14,15). The zero-order chi connectivity index (χ0) is 13.5. The van der Waals surface area contributed by atoms with E-state index in [1.807, 2.05) is 0 Å². The van der Waals surface area contributed by atoms with E-state index in [1.165, 1.54) is 14.2 Å². The number of methoxy groups -OCH3 is 2. The molecule has 0 fully saturated rings. The summed E-state index contributed by atoms with van der Waals surface area (Å²) in [6, 6.07) is 5.96. The largest absolute Gasteiger partial charge is 0.495 e. The highest BCUT2D eigenvalue weighted by molar-refractivity contribution is 5.85. The van der Waals surface area contributed by atoms with Gasteiger partial charge in [0.15, 0.2) is 0 Å². The van der Waals surface area contributed by atoms with Crippen molar-refractivity contribution in [1.29, 1.82) is 0 Å². The van der Waals surface area contributed by atoms with Gasteiger partial charge in [-0.3, -0.25) is 4.79 Å². The molecule has 98 valence electrons. The molecule has 0 radical (unpaired) electrons. The lowest BCUT2D eigenvalue weighted by Gasteiger charge is -2.17. The van der Waals surface area contributed by atoms with E-state index in [0.717, 1.165) is 0 Å². The number of para-hydroxylation sites is 2. The van der Waals surface area contributed by atoms with Crippen LogP contribution in [0.2, 0.25) is 0 Å². The lowest BCUT2D eigenvalue weighted by Crippen LogP contribution is -2.33. The van der Waals surface area contributed by atoms with Crippen molar-refractivity contribution in [2.24, 2.45) is 0 Å². The highest BCUT2D eigenvalue weighted by Gasteiger charge is 2.23. The van der Waals surface area contributed by atoms with Crippen LogP contribution in [0.25, 0.3) is 0 Å². The molecule has 0 saturated carbocycles. The van der Waals surface area contributed by atoms with Gasteiger partial charge in [0.2, 0.25) is 0 Å². The number of ether oxygens (including phenoxy) is 2. The molecule has 0 aliphatic heterocycles. The van der Waals surface area contributed by atoms with Crippen molar-refractivity contribution in [2.75, 3.05) is 19.5 Å². The van der Waals surface area contributed by atoms with E-state index in [9.17, 15) is 9.59 Å². The molecule has 0 aliphatic carbocycles. The topological polar surface area (TPSA) is 84.9 Å². The van der Waals surface area contributed by atoms with E-state index >= 15 is 0 Å². The third-order valence-corrected chi connectivity index (χ3v) is 2.30. The van der Waals surface area contributed by atoms with E-state index in [1.54, 1.807) is 24.3 Å².